The van der Waals surface area contributed by atoms with E-state index in [4.69, 9.17) is 15.7 Å². The second-order valence-electron chi connectivity index (χ2n) is 4.93. The van der Waals surface area contributed by atoms with Crippen LogP contribution in [0.2, 0.25) is 0 Å². The predicted molar refractivity (Wildman–Crippen MR) is 68.8 cm³/mol. The fourth-order valence-corrected chi connectivity index (χ4v) is 1.74. The Balaban J connectivity index is 2.72. The van der Waals surface area contributed by atoms with E-state index in [1.54, 1.807) is 6.92 Å². The van der Waals surface area contributed by atoms with E-state index in [-0.39, 0.29) is 6.10 Å². The van der Waals surface area contributed by atoms with Gasteiger partial charge in [0.1, 0.15) is 11.3 Å². The highest BCUT2D eigenvalue weighted by atomic mass is 16.5. The summed E-state index contributed by atoms with van der Waals surface area (Å²) in [5.41, 5.74) is 7.22. The number of aryl methyl sites for hydroxylation is 2. The van der Waals surface area contributed by atoms with Crippen LogP contribution in [0.25, 0.3) is 0 Å². The molecule has 92 valence electrons. The summed E-state index contributed by atoms with van der Waals surface area (Å²) in [7, 11) is 0. The molecule has 0 saturated heterocycles. The predicted octanol–water partition coefficient (Wildman–Crippen LogP) is 2.70. The number of hydrogen-bond donors (Lipinski definition) is 1. The second-order valence-corrected chi connectivity index (χ2v) is 4.93. The van der Waals surface area contributed by atoms with Crippen LogP contribution in [0.15, 0.2) is 18.2 Å². The molecular formula is C14H20N2O. The Morgan fingerprint density at radius 1 is 1.47 bits per heavy atom. The van der Waals surface area contributed by atoms with E-state index in [1.165, 1.54) is 0 Å². The lowest BCUT2D eigenvalue weighted by molar-refractivity contribution is 0.190. The molecule has 0 spiro atoms. The van der Waals surface area contributed by atoms with E-state index in [1.807, 2.05) is 32.9 Å². The van der Waals surface area contributed by atoms with Crippen molar-refractivity contribution in [1.82, 2.24) is 0 Å². The molecule has 2 N–H and O–H groups in total. The first-order valence-corrected chi connectivity index (χ1v) is 5.78. The lowest BCUT2D eigenvalue weighted by atomic mass is 9.98. The lowest BCUT2D eigenvalue weighted by Gasteiger charge is -2.22. The number of hydrogen-bond acceptors (Lipinski definition) is 3. The van der Waals surface area contributed by atoms with E-state index >= 15 is 0 Å². The third-order valence-corrected chi connectivity index (χ3v) is 2.64. The third-order valence-electron chi connectivity index (χ3n) is 2.64. The SMILES string of the molecule is Cc1ccc(C)c(OC(C)CC(C)(N)C#N)c1. The van der Waals surface area contributed by atoms with Crippen molar-refractivity contribution in [2.24, 2.45) is 5.73 Å². The van der Waals surface area contributed by atoms with Gasteiger partial charge in [-0.3, -0.25) is 0 Å². The highest BCUT2D eigenvalue weighted by Gasteiger charge is 2.22. The number of ether oxygens (including phenoxy) is 1. The summed E-state index contributed by atoms with van der Waals surface area (Å²) in [6, 6.07) is 8.17. The Morgan fingerprint density at radius 3 is 2.71 bits per heavy atom. The average molecular weight is 232 g/mol. The van der Waals surface area contributed by atoms with Crippen molar-refractivity contribution < 1.29 is 4.74 Å². The normalized spacial score (nSPS) is 15.8. The molecule has 1 aromatic carbocycles. The minimum atomic E-state index is -0.836. The van der Waals surface area contributed by atoms with Gasteiger partial charge in [-0.25, -0.2) is 0 Å². The van der Waals surface area contributed by atoms with Gasteiger partial charge in [-0.1, -0.05) is 12.1 Å². The molecule has 0 aromatic heterocycles. The molecule has 3 nitrogen and oxygen atoms in total. The first-order valence-electron chi connectivity index (χ1n) is 5.78. The van der Waals surface area contributed by atoms with Crippen molar-refractivity contribution >= 4 is 0 Å². The lowest BCUT2D eigenvalue weighted by Crippen LogP contribution is -2.38. The molecule has 0 radical (unpaired) electrons. The van der Waals surface area contributed by atoms with E-state index in [2.05, 4.69) is 12.1 Å². The van der Waals surface area contributed by atoms with Crippen LogP contribution in [0.5, 0.6) is 5.75 Å². The summed E-state index contributed by atoms with van der Waals surface area (Å²) in [6.07, 6.45) is 0.432. The molecule has 0 bridgehead atoms. The standard InChI is InChI=1S/C14H20N2O/c1-10-5-6-11(2)13(7-10)17-12(3)8-14(4,16)9-15/h5-7,12H,8,16H2,1-4H3. The summed E-state index contributed by atoms with van der Waals surface area (Å²) >= 11 is 0. The smallest absolute Gasteiger partial charge is 0.122 e. The van der Waals surface area contributed by atoms with Gasteiger partial charge < -0.3 is 10.5 Å². The zero-order chi connectivity index (χ0) is 13.1. The summed E-state index contributed by atoms with van der Waals surface area (Å²) < 4.78 is 5.83. The van der Waals surface area contributed by atoms with Gasteiger partial charge in [0, 0.05) is 6.42 Å². The molecule has 0 aliphatic carbocycles. The Kier molecular flexibility index (Phi) is 4.14. The maximum absolute atomic E-state index is 8.88. The van der Waals surface area contributed by atoms with E-state index in [0.29, 0.717) is 6.42 Å². The van der Waals surface area contributed by atoms with E-state index < -0.39 is 5.54 Å². The van der Waals surface area contributed by atoms with Gasteiger partial charge in [0.2, 0.25) is 0 Å². The summed E-state index contributed by atoms with van der Waals surface area (Å²) in [6.45, 7) is 7.69. The zero-order valence-electron chi connectivity index (χ0n) is 10.9. The van der Waals surface area contributed by atoms with Gasteiger partial charge in [-0.05, 0) is 44.9 Å². The molecular weight excluding hydrogens is 212 g/mol. The van der Waals surface area contributed by atoms with Crippen LogP contribution in [0.1, 0.15) is 31.4 Å². The maximum atomic E-state index is 8.88. The average Bonchev–Trinajstić information content (AvgIpc) is 2.23. The van der Waals surface area contributed by atoms with Crippen molar-refractivity contribution in [3.8, 4) is 11.8 Å². The topological polar surface area (TPSA) is 59.0 Å². The minimum absolute atomic E-state index is 0.0786. The quantitative estimate of drug-likeness (QED) is 0.868. The molecule has 0 aliphatic rings. The third kappa shape index (κ3) is 4.08. The van der Waals surface area contributed by atoms with Gasteiger partial charge >= 0.3 is 0 Å². The number of nitriles is 1. The van der Waals surface area contributed by atoms with Crippen LogP contribution in [-0.2, 0) is 0 Å². The molecule has 0 aliphatic heterocycles. The molecule has 17 heavy (non-hydrogen) atoms. The van der Waals surface area contributed by atoms with Crippen molar-refractivity contribution in [3.05, 3.63) is 29.3 Å². The molecule has 0 fully saturated rings. The van der Waals surface area contributed by atoms with Crippen molar-refractivity contribution in [2.75, 3.05) is 0 Å². The van der Waals surface area contributed by atoms with Gasteiger partial charge in [-0.2, -0.15) is 5.26 Å². The highest BCUT2D eigenvalue weighted by molar-refractivity contribution is 5.36. The monoisotopic (exact) mass is 232 g/mol. The molecule has 1 rings (SSSR count). The van der Waals surface area contributed by atoms with Crippen LogP contribution in [0.4, 0.5) is 0 Å². The first kappa shape index (κ1) is 13.5. The second kappa shape index (κ2) is 5.20. The molecule has 3 heteroatoms. The van der Waals surface area contributed by atoms with Crippen molar-refractivity contribution in [2.45, 2.75) is 45.8 Å². The largest absolute Gasteiger partial charge is 0.490 e. The van der Waals surface area contributed by atoms with E-state index in [9.17, 15) is 0 Å². The van der Waals surface area contributed by atoms with Crippen LogP contribution in [0, 0.1) is 25.2 Å². The van der Waals surface area contributed by atoms with Gasteiger partial charge in [0.05, 0.1) is 12.2 Å². The Hall–Kier alpha value is -1.53. The number of nitrogens with two attached hydrogens (primary N) is 1. The fourth-order valence-electron chi connectivity index (χ4n) is 1.74. The van der Waals surface area contributed by atoms with Gasteiger partial charge in [-0.15, -0.1) is 0 Å². The summed E-state index contributed by atoms with van der Waals surface area (Å²) in [5, 5.41) is 8.88. The maximum Gasteiger partial charge on any atom is 0.122 e. The molecule has 2 atom stereocenters. The Labute approximate surface area is 103 Å². The van der Waals surface area contributed by atoms with Gasteiger partial charge in [0.15, 0.2) is 0 Å². The van der Waals surface area contributed by atoms with Crippen molar-refractivity contribution in [3.63, 3.8) is 0 Å². The molecule has 0 amide bonds. The number of benzene rings is 1. The van der Waals surface area contributed by atoms with Crippen LogP contribution < -0.4 is 10.5 Å². The molecule has 1 aromatic rings. The van der Waals surface area contributed by atoms with Gasteiger partial charge in [0.25, 0.3) is 0 Å². The molecule has 0 heterocycles. The van der Waals surface area contributed by atoms with Crippen LogP contribution >= 0.6 is 0 Å². The first-order chi connectivity index (χ1) is 7.84. The number of nitrogens with zero attached hydrogens (tertiary/aromatic N) is 1. The fraction of sp³-hybridized carbons (Fsp3) is 0.500. The highest BCUT2D eigenvalue weighted by Crippen LogP contribution is 2.22. The van der Waals surface area contributed by atoms with Crippen LogP contribution in [0.3, 0.4) is 0 Å². The van der Waals surface area contributed by atoms with Crippen molar-refractivity contribution in [1.29, 1.82) is 5.26 Å². The van der Waals surface area contributed by atoms with Crippen LogP contribution in [-0.4, -0.2) is 11.6 Å². The molecule has 0 saturated carbocycles. The zero-order valence-corrected chi connectivity index (χ0v) is 10.9. The van der Waals surface area contributed by atoms with E-state index in [0.717, 1.165) is 16.9 Å². The Bertz CT molecular complexity index is 432. The summed E-state index contributed by atoms with van der Waals surface area (Å²) in [5.74, 6) is 0.867. The minimum Gasteiger partial charge on any atom is -0.490 e. The number of rotatable bonds is 4. The Morgan fingerprint density at radius 2 is 2.12 bits per heavy atom. The summed E-state index contributed by atoms with van der Waals surface area (Å²) in [4.78, 5) is 0. The molecule has 2 unspecified atom stereocenters.